The van der Waals surface area contributed by atoms with Crippen molar-refractivity contribution in [1.82, 2.24) is 15.3 Å². The molecular formula is C17H23N5O4. The summed E-state index contributed by atoms with van der Waals surface area (Å²) in [7, 11) is 0. The molecule has 9 heteroatoms. The number of aromatic amines is 1. The summed E-state index contributed by atoms with van der Waals surface area (Å²) in [6, 6.07) is 4.66. The Morgan fingerprint density at radius 2 is 2.27 bits per heavy atom. The summed E-state index contributed by atoms with van der Waals surface area (Å²) in [5, 5.41) is 13.7. The summed E-state index contributed by atoms with van der Waals surface area (Å²) in [6.45, 7) is 6.72. The third-order valence-corrected chi connectivity index (χ3v) is 4.19. The van der Waals surface area contributed by atoms with Gasteiger partial charge in [-0.1, -0.05) is 0 Å². The van der Waals surface area contributed by atoms with Crippen molar-refractivity contribution in [2.45, 2.75) is 45.3 Å². The second-order valence-electron chi connectivity index (χ2n) is 7.39. The van der Waals surface area contributed by atoms with Crippen LogP contribution >= 0.6 is 0 Å². The molecule has 0 radical (unpaired) electrons. The molecule has 1 aliphatic heterocycles. The smallest absolute Gasteiger partial charge is 0.407 e. The van der Waals surface area contributed by atoms with E-state index in [0.717, 1.165) is 19.4 Å². The first-order valence-electron chi connectivity index (χ1n) is 8.60. The Morgan fingerprint density at radius 1 is 1.50 bits per heavy atom. The summed E-state index contributed by atoms with van der Waals surface area (Å²) in [4.78, 5) is 32.1. The lowest BCUT2D eigenvalue weighted by Crippen LogP contribution is -2.42. The predicted octanol–water partition coefficient (Wildman–Crippen LogP) is 2.96. The van der Waals surface area contributed by atoms with E-state index in [9.17, 15) is 14.9 Å². The second kappa shape index (κ2) is 6.81. The van der Waals surface area contributed by atoms with E-state index in [1.807, 2.05) is 20.8 Å². The summed E-state index contributed by atoms with van der Waals surface area (Å²) in [6.07, 6.45) is 1.47. The molecule has 2 aromatic rings. The number of hydrogen-bond donors (Lipinski definition) is 2. The molecule has 0 saturated carbocycles. The minimum atomic E-state index is -0.535. The number of carbonyl (C=O) groups excluding carboxylic acids is 1. The molecular weight excluding hydrogens is 338 g/mol. The van der Waals surface area contributed by atoms with Crippen molar-refractivity contribution in [3.05, 3.63) is 28.3 Å². The first-order valence-corrected chi connectivity index (χ1v) is 8.60. The fraction of sp³-hybridized carbons (Fsp3) is 0.529. The molecule has 0 aliphatic carbocycles. The largest absolute Gasteiger partial charge is 0.444 e. The van der Waals surface area contributed by atoms with Gasteiger partial charge in [0.15, 0.2) is 0 Å². The van der Waals surface area contributed by atoms with Gasteiger partial charge in [-0.05, 0) is 39.7 Å². The number of fused-ring (bicyclic) bond motifs is 1. The average Bonchev–Trinajstić information content (AvgIpc) is 3.16. The van der Waals surface area contributed by atoms with Gasteiger partial charge in [0.05, 0.1) is 16.0 Å². The van der Waals surface area contributed by atoms with Gasteiger partial charge >= 0.3 is 6.09 Å². The lowest BCUT2D eigenvalue weighted by Gasteiger charge is -2.25. The number of carbonyl (C=O) groups is 1. The predicted molar refractivity (Wildman–Crippen MR) is 97.4 cm³/mol. The number of amides is 1. The molecule has 1 saturated heterocycles. The Balaban J connectivity index is 1.70. The van der Waals surface area contributed by atoms with E-state index < -0.39 is 16.6 Å². The van der Waals surface area contributed by atoms with E-state index in [0.29, 0.717) is 23.5 Å². The van der Waals surface area contributed by atoms with Crippen LogP contribution in [0.1, 0.15) is 33.6 Å². The van der Waals surface area contributed by atoms with E-state index in [1.54, 1.807) is 6.07 Å². The van der Waals surface area contributed by atoms with Gasteiger partial charge in [-0.25, -0.2) is 9.78 Å². The number of aromatic nitrogens is 2. The first kappa shape index (κ1) is 18.0. The fourth-order valence-corrected chi connectivity index (χ4v) is 3.08. The molecule has 1 aromatic heterocycles. The van der Waals surface area contributed by atoms with Crippen LogP contribution in [0.5, 0.6) is 0 Å². The van der Waals surface area contributed by atoms with Crippen molar-refractivity contribution in [2.75, 3.05) is 18.0 Å². The van der Waals surface area contributed by atoms with Gasteiger partial charge in [-0.3, -0.25) is 10.1 Å². The van der Waals surface area contributed by atoms with E-state index >= 15 is 0 Å². The molecule has 2 heterocycles. The molecule has 140 valence electrons. The van der Waals surface area contributed by atoms with Crippen molar-refractivity contribution in [3.8, 4) is 0 Å². The topological polar surface area (TPSA) is 113 Å². The molecule has 1 fully saturated rings. The zero-order valence-electron chi connectivity index (χ0n) is 15.1. The van der Waals surface area contributed by atoms with Gasteiger partial charge in [0, 0.05) is 31.3 Å². The molecule has 26 heavy (non-hydrogen) atoms. The quantitative estimate of drug-likeness (QED) is 0.639. The maximum Gasteiger partial charge on any atom is 0.407 e. The lowest BCUT2D eigenvalue weighted by atomic mass is 10.2. The van der Waals surface area contributed by atoms with Crippen molar-refractivity contribution in [1.29, 1.82) is 0 Å². The number of ether oxygens (including phenoxy) is 1. The normalized spacial score (nSPS) is 17.5. The summed E-state index contributed by atoms with van der Waals surface area (Å²) < 4.78 is 5.27. The number of alkyl carbamates (subject to hydrolysis) is 1. The van der Waals surface area contributed by atoms with Crippen LogP contribution in [0.2, 0.25) is 0 Å². The van der Waals surface area contributed by atoms with Crippen LogP contribution in [0.15, 0.2) is 18.2 Å². The van der Waals surface area contributed by atoms with Crippen molar-refractivity contribution in [3.63, 3.8) is 0 Å². The van der Waals surface area contributed by atoms with E-state index in [-0.39, 0.29) is 11.7 Å². The molecule has 1 amide bonds. The van der Waals surface area contributed by atoms with Gasteiger partial charge in [0.2, 0.25) is 5.95 Å². The Bertz CT molecular complexity index is 826. The number of anilines is 1. The van der Waals surface area contributed by atoms with E-state index in [2.05, 4.69) is 20.2 Å². The number of rotatable bonds is 4. The van der Waals surface area contributed by atoms with Crippen LogP contribution in [-0.2, 0) is 4.74 Å². The number of nitro benzene ring substituents is 1. The molecule has 0 unspecified atom stereocenters. The van der Waals surface area contributed by atoms with Gasteiger partial charge in [-0.2, -0.15) is 0 Å². The number of H-pyrrole nitrogens is 1. The summed E-state index contributed by atoms with van der Waals surface area (Å²) in [5.74, 6) is 0.661. The fourth-order valence-electron chi connectivity index (χ4n) is 3.08. The summed E-state index contributed by atoms with van der Waals surface area (Å²) >= 11 is 0. The highest BCUT2D eigenvalue weighted by molar-refractivity contribution is 5.80. The number of nitrogens with one attached hydrogen (secondary N) is 2. The zero-order valence-corrected chi connectivity index (χ0v) is 15.1. The Kier molecular flexibility index (Phi) is 4.71. The number of nitro groups is 1. The second-order valence-corrected chi connectivity index (χ2v) is 7.39. The Morgan fingerprint density at radius 3 is 2.96 bits per heavy atom. The molecule has 2 N–H and O–H groups in total. The van der Waals surface area contributed by atoms with E-state index in [4.69, 9.17) is 4.74 Å². The van der Waals surface area contributed by atoms with Crippen molar-refractivity contribution >= 4 is 28.8 Å². The zero-order chi connectivity index (χ0) is 18.9. The van der Waals surface area contributed by atoms with Gasteiger partial charge in [0.1, 0.15) is 5.60 Å². The van der Waals surface area contributed by atoms with Crippen LogP contribution < -0.4 is 10.2 Å². The molecule has 1 atom stereocenters. The first-order chi connectivity index (χ1) is 12.2. The van der Waals surface area contributed by atoms with Crippen LogP contribution in [0.25, 0.3) is 11.0 Å². The van der Waals surface area contributed by atoms with Crippen LogP contribution in [0, 0.1) is 10.1 Å². The molecule has 1 aromatic carbocycles. The van der Waals surface area contributed by atoms with Crippen LogP contribution in [0.3, 0.4) is 0 Å². The number of non-ortho nitro benzene ring substituents is 1. The molecule has 0 bridgehead atoms. The number of nitrogens with zero attached hydrogens (tertiary/aromatic N) is 3. The lowest BCUT2D eigenvalue weighted by molar-refractivity contribution is -0.384. The van der Waals surface area contributed by atoms with Crippen molar-refractivity contribution in [2.24, 2.45) is 0 Å². The average molecular weight is 361 g/mol. The SMILES string of the molecule is CC(C)(C)OC(=O)NC[C@H]1CCCN1c1nc2ccc([N+](=O)[O-])cc2[nH]1. The molecule has 0 spiro atoms. The number of benzene rings is 1. The minimum Gasteiger partial charge on any atom is -0.444 e. The van der Waals surface area contributed by atoms with Gasteiger partial charge in [-0.15, -0.1) is 0 Å². The van der Waals surface area contributed by atoms with Crippen LogP contribution in [-0.4, -0.2) is 45.7 Å². The van der Waals surface area contributed by atoms with Crippen molar-refractivity contribution < 1.29 is 14.5 Å². The highest BCUT2D eigenvalue weighted by Crippen LogP contribution is 2.27. The molecule has 9 nitrogen and oxygen atoms in total. The highest BCUT2D eigenvalue weighted by atomic mass is 16.6. The molecule has 1 aliphatic rings. The van der Waals surface area contributed by atoms with E-state index in [1.165, 1.54) is 12.1 Å². The Hall–Kier alpha value is -2.84. The third-order valence-electron chi connectivity index (χ3n) is 4.19. The standard InChI is InChI=1S/C17H23N5O4/c1-17(2,3)26-16(23)18-10-12-5-4-8-21(12)15-19-13-7-6-11(22(24)25)9-14(13)20-15/h6-7,9,12H,4-5,8,10H2,1-3H3,(H,18,23)(H,19,20)/t12-/m1/s1. The Labute approximate surface area is 150 Å². The highest BCUT2D eigenvalue weighted by Gasteiger charge is 2.28. The number of hydrogen-bond acceptors (Lipinski definition) is 6. The monoisotopic (exact) mass is 361 g/mol. The van der Waals surface area contributed by atoms with Gasteiger partial charge in [0.25, 0.3) is 5.69 Å². The maximum absolute atomic E-state index is 11.9. The van der Waals surface area contributed by atoms with Gasteiger partial charge < -0.3 is 19.9 Å². The molecule has 3 rings (SSSR count). The maximum atomic E-state index is 11.9. The number of imidazole rings is 1. The summed E-state index contributed by atoms with van der Waals surface area (Å²) in [5.41, 5.74) is 0.793. The minimum absolute atomic E-state index is 0.0252. The van der Waals surface area contributed by atoms with Crippen LogP contribution in [0.4, 0.5) is 16.4 Å². The third kappa shape index (κ3) is 4.04.